The summed E-state index contributed by atoms with van der Waals surface area (Å²) < 4.78 is 5.73. The molecule has 150 valence electrons. The van der Waals surface area contributed by atoms with Gasteiger partial charge in [0.2, 0.25) is 0 Å². The lowest BCUT2D eigenvalue weighted by atomic mass is 9.83. The van der Waals surface area contributed by atoms with E-state index < -0.39 is 0 Å². The number of carbonyl (C=O) groups excluding carboxylic acids is 2. The molecule has 0 atom stereocenters. The normalized spacial score (nSPS) is 23.6. The van der Waals surface area contributed by atoms with Crippen molar-refractivity contribution in [1.82, 2.24) is 9.88 Å². The SMILES string of the molecule is CCOC(=O)C1CCC(N(C(=O)Nc2ncc(Cl)s2)C2CCCCC2)CC1. The average molecular weight is 414 g/mol. The van der Waals surface area contributed by atoms with Gasteiger partial charge in [-0.15, -0.1) is 0 Å². The van der Waals surface area contributed by atoms with E-state index in [9.17, 15) is 9.59 Å². The van der Waals surface area contributed by atoms with Crippen LogP contribution in [0.3, 0.4) is 0 Å². The van der Waals surface area contributed by atoms with Gasteiger partial charge in [0.1, 0.15) is 4.34 Å². The van der Waals surface area contributed by atoms with Crippen LogP contribution in [0.25, 0.3) is 0 Å². The number of halogens is 1. The van der Waals surface area contributed by atoms with Crippen LogP contribution in [-0.2, 0) is 9.53 Å². The Kier molecular flexibility index (Phi) is 7.35. The van der Waals surface area contributed by atoms with Crippen molar-refractivity contribution in [2.45, 2.75) is 76.8 Å². The Bertz CT molecular complexity index is 640. The minimum Gasteiger partial charge on any atom is -0.466 e. The molecule has 2 aliphatic rings. The van der Waals surface area contributed by atoms with Crippen LogP contribution in [-0.4, -0.2) is 40.6 Å². The number of thiazole rings is 1. The molecule has 6 nitrogen and oxygen atoms in total. The first kappa shape index (κ1) is 20.4. The van der Waals surface area contributed by atoms with Crippen molar-refractivity contribution in [2.24, 2.45) is 5.92 Å². The minimum absolute atomic E-state index is 0.0322. The van der Waals surface area contributed by atoms with Gasteiger partial charge in [0.25, 0.3) is 0 Å². The van der Waals surface area contributed by atoms with Crippen LogP contribution in [0.5, 0.6) is 0 Å². The third-order valence-corrected chi connectivity index (χ3v) is 6.63. The van der Waals surface area contributed by atoms with Gasteiger partial charge in [-0.05, 0) is 45.4 Å². The van der Waals surface area contributed by atoms with E-state index in [-0.39, 0.29) is 30.0 Å². The van der Waals surface area contributed by atoms with Gasteiger partial charge in [-0.3, -0.25) is 10.1 Å². The number of hydrogen-bond acceptors (Lipinski definition) is 5. The monoisotopic (exact) mass is 413 g/mol. The summed E-state index contributed by atoms with van der Waals surface area (Å²) in [5, 5.41) is 3.46. The van der Waals surface area contributed by atoms with E-state index in [0.717, 1.165) is 51.4 Å². The highest BCUT2D eigenvalue weighted by atomic mass is 35.5. The molecule has 2 fully saturated rings. The van der Waals surface area contributed by atoms with E-state index >= 15 is 0 Å². The third kappa shape index (κ3) is 5.35. The second kappa shape index (κ2) is 9.73. The molecule has 27 heavy (non-hydrogen) atoms. The van der Waals surface area contributed by atoms with Gasteiger partial charge in [0.15, 0.2) is 5.13 Å². The van der Waals surface area contributed by atoms with Crippen LogP contribution in [0.4, 0.5) is 9.93 Å². The molecule has 2 aliphatic carbocycles. The zero-order valence-electron chi connectivity index (χ0n) is 15.8. The Balaban J connectivity index is 1.66. The van der Waals surface area contributed by atoms with Gasteiger partial charge in [-0.2, -0.15) is 0 Å². The van der Waals surface area contributed by atoms with E-state index in [1.54, 1.807) is 6.20 Å². The highest BCUT2D eigenvalue weighted by Crippen LogP contribution is 2.34. The number of nitrogens with zero attached hydrogens (tertiary/aromatic N) is 2. The molecular formula is C19H28ClN3O3S. The summed E-state index contributed by atoms with van der Waals surface area (Å²) >= 11 is 7.21. The molecule has 0 bridgehead atoms. The number of aromatic nitrogens is 1. The molecule has 0 spiro atoms. The van der Waals surface area contributed by atoms with Gasteiger partial charge in [-0.1, -0.05) is 42.2 Å². The zero-order chi connectivity index (χ0) is 19.2. The molecule has 0 aliphatic heterocycles. The number of urea groups is 1. The number of nitrogens with one attached hydrogen (secondary N) is 1. The molecule has 0 saturated heterocycles. The number of esters is 1. The smallest absolute Gasteiger partial charge is 0.324 e. The first-order valence-electron chi connectivity index (χ1n) is 9.95. The molecule has 0 aromatic carbocycles. The highest BCUT2D eigenvalue weighted by Gasteiger charge is 2.36. The molecular weight excluding hydrogens is 386 g/mol. The molecule has 1 aromatic rings. The quantitative estimate of drug-likeness (QED) is 0.683. The number of hydrogen-bond donors (Lipinski definition) is 1. The van der Waals surface area contributed by atoms with Crippen molar-refractivity contribution < 1.29 is 14.3 Å². The number of anilines is 1. The fraction of sp³-hybridized carbons (Fsp3) is 0.737. The molecule has 1 aromatic heterocycles. The van der Waals surface area contributed by atoms with Crippen LogP contribution >= 0.6 is 22.9 Å². The van der Waals surface area contributed by atoms with E-state index in [0.29, 0.717) is 16.1 Å². The van der Waals surface area contributed by atoms with Gasteiger partial charge >= 0.3 is 12.0 Å². The Morgan fingerprint density at radius 2 is 1.85 bits per heavy atom. The van der Waals surface area contributed by atoms with Crippen molar-refractivity contribution in [3.63, 3.8) is 0 Å². The van der Waals surface area contributed by atoms with Crippen LogP contribution in [0.2, 0.25) is 4.34 Å². The maximum atomic E-state index is 13.1. The van der Waals surface area contributed by atoms with Crippen molar-refractivity contribution in [1.29, 1.82) is 0 Å². The number of amides is 2. The predicted molar refractivity (Wildman–Crippen MR) is 107 cm³/mol. The van der Waals surface area contributed by atoms with Gasteiger partial charge in [0, 0.05) is 12.1 Å². The molecule has 1 N–H and O–H groups in total. The van der Waals surface area contributed by atoms with Crippen LogP contribution < -0.4 is 5.32 Å². The highest BCUT2D eigenvalue weighted by molar-refractivity contribution is 7.19. The molecule has 2 saturated carbocycles. The number of rotatable bonds is 5. The first-order valence-corrected chi connectivity index (χ1v) is 11.1. The summed E-state index contributed by atoms with van der Waals surface area (Å²) in [5.74, 6) is -0.128. The maximum absolute atomic E-state index is 13.1. The standard InChI is InChI=1S/C19H28ClN3O3S/c1-2-26-17(24)13-8-10-15(11-9-13)23(14-6-4-3-5-7-14)19(25)22-18-21-12-16(20)27-18/h12-15H,2-11H2,1H3,(H,21,22,25). The summed E-state index contributed by atoms with van der Waals surface area (Å²) in [6, 6.07) is 0.333. The number of ether oxygens (including phenoxy) is 1. The van der Waals surface area contributed by atoms with E-state index in [1.165, 1.54) is 17.8 Å². The zero-order valence-corrected chi connectivity index (χ0v) is 17.4. The average Bonchev–Trinajstić information content (AvgIpc) is 3.08. The lowest BCUT2D eigenvalue weighted by molar-refractivity contribution is -0.149. The van der Waals surface area contributed by atoms with E-state index in [2.05, 4.69) is 10.3 Å². The molecule has 0 radical (unpaired) electrons. The minimum atomic E-state index is -0.0953. The summed E-state index contributed by atoms with van der Waals surface area (Å²) in [6.07, 6.45) is 10.4. The molecule has 3 rings (SSSR count). The van der Waals surface area contributed by atoms with Crippen molar-refractivity contribution in [3.05, 3.63) is 10.5 Å². The van der Waals surface area contributed by atoms with Crippen LogP contribution in [0, 0.1) is 5.92 Å². The largest absolute Gasteiger partial charge is 0.466 e. The van der Waals surface area contributed by atoms with Gasteiger partial charge in [-0.25, -0.2) is 9.78 Å². The first-order chi connectivity index (χ1) is 13.1. The van der Waals surface area contributed by atoms with Crippen LogP contribution in [0.1, 0.15) is 64.7 Å². The Labute approximate surface area is 169 Å². The lowest BCUT2D eigenvalue weighted by Gasteiger charge is -2.42. The molecule has 0 unspecified atom stereocenters. The summed E-state index contributed by atoms with van der Waals surface area (Å²) in [6.45, 7) is 2.26. The Hall–Kier alpha value is -1.34. The Morgan fingerprint density at radius 3 is 2.44 bits per heavy atom. The van der Waals surface area contributed by atoms with Crippen molar-refractivity contribution >= 4 is 40.1 Å². The van der Waals surface area contributed by atoms with Gasteiger partial charge < -0.3 is 9.64 Å². The van der Waals surface area contributed by atoms with E-state index in [1.807, 2.05) is 11.8 Å². The Morgan fingerprint density at radius 1 is 1.19 bits per heavy atom. The topological polar surface area (TPSA) is 71.5 Å². The molecule has 1 heterocycles. The van der Waals surface area contributed by atoms with Gasteiger partial charge in [0.05, 0.1) is 18.7 Å². The fourth-order valence-corrected chi connectivity index (χ4v) is 5.11. The lowest BCUT2D eigenvalue weighted by Crippen LogP contribution is -2.51. The predicted octanol–water partition coefficient (Wildman–Crippen LogP) is 5.09. The summed E-state index contributed by atoms with van der Waals surface area (Å²) in [4.78, 5) is 31.3. The second-order valence-corrected chi connectivity index (χ2v) is 9.02. The molecule has 8 heteroatoms. The second-order valence-electron chi connectivity index (χ2n) is 7.36. The van der Waals surface area contributed by atoms with Crippen LogP contribution in [0.15, 0.2) is 6.20 Å². The fourth-order valence-electron chi connectivity index (χ4n) is 4.31. The van der Waals surface area contributed by atoms with Crippen molar-refractivity contribution in [2.75, 3.05) is 11.9 Å². The summed E-state index contributed by atoms with van der Waals surface area (Å²) in [7, 11) is 0. The van der Waals surface area contributed by atoms with E-state index in [4.69, 9.17) is 16.3 Å². The molecule has 2 amide bonds. The number of carbonyl (C=O) groups is 2. The third-order valence-electron chi connectivity index (χ3n) is 5.60. The summed E-state index contributed by atoms with van der Waals surface area (Å²) in [5.41, 5.74) is 0. The van der Waals surface area contributed by atoms with Crippen molar-refractivity contribution in [3.8, 4) is 0 Å². The maximum Gasteiger partial charge on any atom is 0.324 e.